The molecule has 19 nitrogen and oxygen atoms in total. The summed E-state index contributed by atoms with van der Waals surface area (Å²) in [5.41, 5.74) is -0.407. The number of hydrogen-bond donors (Lipinski definition) is 1. The molecular formula is C70H106N2O17. The summed E-state index contributed by atoms with van der Waals surface area (Å²) < 4.78 is 78.5. The van der Waals surface area contributed by atoms with E-state index in [0.29, 0.717) is 43.6 Å². The molecule has 6 fully saturated rings. The topological polar surface area (TPSA) is 217 Å². The molecule has 0 radical (unpaired) electrons. The van der Waals surface area contributed by atoms with Crippen LogP contribution in [-0.4, -0.2) is 140 Å². The second kappa shape index (κ2) is 26.8. The number of hydrogen-bond acceptors (Lipinski definition) is 17. The number of allylic oxidation sites excluding steroid dienone is 3. The third kappa shape index (κ3) is 13.2. The molecule has 5 saturated heterocycles. The van der Waals surface area contributed by atoms with Crippen molar-refractivity contribution >= 4 is 17.8 Å². The van der Waals surface area contributed by atoms with Gasteiger partial charge in [-0.05, 0) is 141 Å². The van der Waals surface area contributed by atoms with E-state index in [1.165, 1.54) is 14.0 Å². The predicted octanol–water partition coefficient (Wildman–Crippen LogP) is 12.2. The average molecular weight is 1250 g/mol. The van der Waals surface area contributed by atoms with Gasteiger partial charge in [-0.25, -0.2) is 9.59 Å². The fraction of sp³-hybridized carbons (Fsp3) is 0.814. The Kier molecular flexibility index (Phi) is 20.5. The molecule has 1 spiro atoms. The van der Waals surface area contributed by atoms with Gasteiger partial charge in [-0.1, -0.05) is 90.0 Å². The zero-order chi connectivity index (χ0) is 64.5. The lowest BCUT2D eigenvalue weighted by Crippen LogP contribution is -2.65. The van der Waals surface area contributed by atoms with Crippen LogP contribution in [0.2, 0.25) is 0 Å². The average Bonchev–Trinajstić information content (AvgIpc) is 1.70. The Morgan fingerprint density at radius 2 is 1.28 bits per heavy atom. The van der Waals surface area contributed by atoms with Crippen LogP contribution in [0.3, 0.4) is 0 Å². The largest absolute Gasteiger partial charge is 0.453 e. The summed E-state index contributed by atoms with van der Waals surface area (Å²) in [4.78, 5) is 56.3. The Balaban J connectivity index is 0.876. The fourth-order valence-corrected chi connectivity index (χ4v) is 17.9. The molecule has 1 saturated carbocycles. The van der Waals surface area contributed by atoms with Gasteiger partial charge in [0, 0.05) is 66.6 Å². The Bertz CT molecular complexity index is 2770. The summed E-state index contributed by atoms with van der Waals surface area (Å²) >= 11 is 0. The number of carbonyl (C=O) groups is 3. The summed E-state index contributed by atoms with van der Waals surface area (Å²) in [6, 6.07) is -1.01. The lowest BCUT2D eigenvalue weighted by Gasteiger charge is -2.56. The lowest BCUT2D eigenvalue weighted by molar-refractivity contribution is -0.584. The summed E-state index contributed by atoms with van der Waals surface area (Å²) in [6.45, 7) is 34.7. The third-order valence-corrected chi connectivity index (χ3v) is 23.3. The van der Waals surface area contributed by atoms with Crippen LogP contribution in [0.1, 0.15) is 182 Å². The summed E-state index contributed by atoms with van der Waals surface area (Å²) in [5.74, 6) is -1.35. The maximum Gasteiger partial charge on any atom is 0.407 e. The van der Waals surface area contributed by atoms with Gasteiger partial charge in [-0.15, -0.1) is 0 Å². The van der Waals surface area contributed by atoms with E-state index >= 15 is 4.79 Å². The molecule has 10 rings (SSSR count). The monoisotopic (exact) mass is 1250 g/mol. The van der Waals surface area contributed by atoms with Gasteiger partial charge in [0.05, 0.1) is 74.6 Å². The quantitative estimate of drug-likeness (QED) is 0.0631. The number of esters is 1. The highest BCUT2D eigenvalue weighted by molar-refractivity contribution is 6.22. The Morgan fingerprint density at radius 1 is 0.652 bits per heavy atom. The van der Waals surface area contributed by atoms with Gasteiger partial charge in [-0.3, -0.25) is 14.9 Å². The molecule has 2 bridgehead atoms. The van der Waals surface area contributed by atoms with Gasteiger partial charge in [0.1, 0.15) is 17.2 Å². The molecular weight excluding hydrogens is 1140 g/mol. The SMILES string of the molecule is COC(=O)NC1C(C)OC(OC2C/C=C(\C)C3C=CC4C(OC5CC(OC6CCC(OC7CC(C)C(OC8CCC(C)C(C)O8)C(C)O7)C(C)O6)C(C)C(C)O5)C(C)CC(C)C4C3(C)C(=O)C3=C(C)C4(CC(C)=CC(C)C4C=C2C)OC3=O)CC1(C)[N+](=O)[O-]. The lowest BCUT2D eigenvalue weighted by atomic mass is 9.48. The van der Waals surface area contributed by atoms with E-state index in [2.05, 4.69) is 112 Å². The van der Waals surface area contributed by atoms with Crippen LogP contribution in [-0.2, 0) is 66.4 Å². The van der Waals surface area contributed by atoms with Crippen LogP contribution in [0.15, 0.2) is 58.2 Å². The molecule has 1 N–H and O–H groups in total. The molecule has 0 aromatic heterocycles. The van der Waals surface area contributed by atoms with Crippen LogP contribution in [0.5, 0.6) is 0 Å². The summed E-state index contributed by atoms with van der Waals surface area (Å²) in [5, 5.41) is 15.6. The highest BCUT2D eigenvalue weighted by atomic mass is 16.7. The maximum atomic E-state index is 16.4. The first-order valence-corrected chi connectivity index (χ1v) is 33.7. The first-order valence-electron chi connectivity index (χ1n) is 33.7. The number of ketones is 1. The number of nitro groups is 1. The minimum Gasteiger partial charge on any atom is -0.453 e. The van der Waals surface area contributed by atoms with Crippen molar-refractivity contribution in [2.75, 3.05) is 7.11 Å². The van der Waals surface area contributed by atoms with E-state index in [9.17, 15) is 19.7 Å². The maximum absolute atomic E-state index is 16.4. The standard InChI is InChI=1S/C70H106N2O17/c1-34-27-37(4)51-29-38(5)52(84-59-33-68(16,72(76)77)64(48(15)83-59)71-67(75)78-18)23-19-36(3)50-22-21-49-61(69(50,17)65(73)60-43(10)70(51,32-34)89-66(60)74)39(6)28-40(7)63(49)88-58-31-54(42(9)45(12)80-58)86-55-26-24-53(46(13)81-55)85-57-30-41(8)62(47(14)82-57)87-56-25-20-35(2)44(11)79-56/h19,21-22,27,29,35,37,39-42,44-59,61-64H,20,23-26,28,30-33H2,1-18H3,(H,71,75)/b36-19+,38-29?. The second-order valence-electron chi connectivity index (χ2n) is 29.6. The van der Waals surface area contributed by atoms with E-state index < -0.39 is 71.7 Å². The highest BCUT2D eigenvalue weighted by Crippen LogP contribution is 2.60. The van der Waals surface area contributed by atoms with Crippen LogP contribution >= 0.6 is 0 Å². The number of alkyl carbamates (subject to hydrolysis) is 1. The molecule has 10 aliphatic rings. The van der Waals surface area contributed by atoms with Crippen molar-refractivity contribution in [1.82, 2.24) is 5.32 Å². The molecule has 4 aliphatic carbocycles. The van der Waals surface area contributed by atoms with Crippen molar-refractivity contribution in [2.45, 2.75) is 292 Å². The zero-order valence-corrected chi connectivity index (χ0v) is 56.4. The summed E-state index contributed by atoms with van der Waals surface area (Å²) in [7, 11) is 1.21. The van der Waals surface area contributed by atoms with Gasteiger partial charge in [0.2, 0.25) is 5.54 Å². The van der Waals surface area contributed by atoms with Crippen molar-refractivity contribution in [3.63, 3.8) is 0 Å². The zero-order valence-electron chi connectivity index (χ0n) is 56.4. The Hall–Kier alpha value is -3.89. The van der Waals surface area contributed by atoms with E-state index in [1.54, 1.807) is 6.92 Å². The van der Waals surface area contributed by atoms with Crippen LogP contribution in [0.25, 0.3) is 0 Å². The van der Waals surface area contributed by atoms with Crippen LogP contribution < -0.4 is 5.32 Å². The van der Waals surface area contributed by atoms with Gasteiger partial charge in [-0.2, -0.15) is 0 Å². The number of amides is 1. The van der Waals surface area contributed by atoms with Crippen LogP contribution in [0.4, 0.5) is 4.79 Å². The minimum absolute atomic E-state index is 0.0379. The first kappa shape index (κ1) is 68.0. The Morgan fingerprint density at radius 3 is 1.97 bits per heavy atom. The van der Waals surface area contributed by atoms with Gasteiger partial charge < -0.3 is 62.2 Å². The van der Waals surface area contributed by atoms with E-state index in [1.807, 2.05) is 27.7 Å². The van der Waals surface area contributed by atoms with Crippen molar-refractivity contribution < 1.29 is 76.1 Å². The molecule has 29 unspecified atom stereocenters. The van der Waals surface area contributed by atoms with Gasteiger partial charge in [0.25, 0.3) is 0 Å². The van der Waals surface area contributed by atoms with E-state index in [0.717, 1.165) is 42.4 Å². The van der Waals surface area contributed by atoms with Crippen LogP contribution in [0, 0.1) is 74.7 Å². The van der Waals surface area contributed by atoms with Gasteiger partial charge >= 0.3 is 12.1 Å². The van der Waals surface area contributed by atoms with Crippen molar-refractivity contribution in [2.24, 2.45) is 64.6 Å². The number of Topliss-reactive ketones (excluding diaryl/α,β-unsaturated/α-hetero) is 1. The normalized spacial score (nSPS) is 48.5. The fourth-order valence-electron chi connectivity index (χ4n) is 17.9. The first-order chi connectivity index (χ1) is 42.0. The number of nitrogens with zero attached hydrogens (tertiary/aromatic N) is 1. The highest BCUT2D eigenvalue weighted by Gasteiger charge is 2.63. The Labute approximate surface area is 528 Å². The van der Waals surface area contributed by atoms with E-state index in [4.69, 9.17) is 56.8 Å². The second-order valence-corrected chi connectivity index (χ2v) is 29.6. The molecule has 0 aromatic rings. The molecule has 6 aliphatic heterocycles. The summed E-state index contributed by atoms with van der Waals surface area (Å²) in [6.07, 6.45) is 10.7. The van der Waals surface area contributed by atoms with Gasteiger partial charge in [0.15, 0.2) is 37.2 Å². The number of fused-ring (bicyclic) bond motifs is 3. The molecule has 0 aromatic carbocycles. The van der Waals surface area contributed by atoms with Crippen molar-refractivity contribution in [1.29, 1.82) is 0 Å². The molecule has 19 heteroatoms. The third-order valence-electron chi connectivity index (χ3n) is 23.3. The molecule has 29 atom stereocenters. The minimum atomic E-state index is -1.67. The predicted molar refractivity (Wildman–Crippen MR) is 331 cm³/mol. The molecule has 6 heterocycles. The molecule has 498 valence electrons. The van der Waals surface area contributed by atoms with E-state index in [-0.39, 0.29) is 131 Å². The molecule has 1 amide bonds. The number of ether oxygens (including phenoxy) is 12. The number of rotatable bonds is 12. The van der Waals surface area contributed by atoms with Crippen molar-refractivity contribution in [3.05, 3.63) is 68.4 Å². The number of methoxy groups -OCH3 is 1. The molecule has 89 heavy (non-hydrogen) atoms. The number of carbonyl (C=O) groups excluding carboxylic acids is 3. The number of nitrogens with one attached hydrogen (secondary N) is 1. The van der Waals surface area contributed by atoms with Crippen molar-refractivity contribution in [3.8, 4) is 0 Å². The smallest absolute Gasteiger partial charge is 0.407 e.